The summed E-state index contributed by atoms with van der Waals surface area (Å²) in [5.74, 6) is 0.658. The molecule has 0 saturated heterocycles. The minimum atomic E-state index is -3.78. The van der Waals surface area contributed by atoms with Crippen molar-refractivity contribution in [1.29, 1.82) is 0 Å². The largest absolute Gasteiger partial charge is 0.286 e. The molecule has 0 unspecified atom stereocenters. The molecule has 0 saturated carbocycles. The number of hydrogen-bond acceptors (Lipinski definition) is 4. The predicted octanol–water partition coefficient (Wildman–Crippen LogP) is 0.132. The quantitative estimate of drug-likeness (QED) is 0.362. The molecular weight excluding hydrogens is 174 g/mol. The van der Waals surface area contributed by atoms with Crippen molar-refractivity contribution < 1.29 is 13.0 Å². The highest BCUT2D eigenvalue weighted by atomic mass is 32.2. The Balaban J connectivity index is 3.21. The summed E-state index contributed by atoms with van der Waals surface area (Å²) in [6, 6.07) is 0. The molecule has 0 aromatic heterocycles. The molecule has 10 heavy (non-hydrogen) atoms. The van der Waals surface area contributed by atoms with Gasteiger partial charge in [0.2, 0.25) is 0 Å². The molecule has 0 aromatic rings. The molecule has 0 aromatic carbocycles. The Morgan fingerprint density at radius 2 is 2.20 bits per heavy atom. The summed E-state index contributed by atoms with van der Waals surface area (Å²) in [6.07, 6.45) is 0. The molecule has 0 bridgehead atoms. The standard InChI is InChI=1S/C4H11NO3S2/c1-2-9-5-3-4-10(6,7)8/h5H,2-4H2,1H3,(H,6,7,8). The molecule has 62 valence electrons. The first kappa shape index (κ1) is 10.2. The fourth-order valence-electron chi connectivity index (χ4n) is 0.345. The van der Waals surface area contributed by atoms with Gasteiger partial charge in [-0.25, -0.2) is 0 Å². The van der Waals surface area contributed by atoms with Crippen LogP contribution in [0.15, 0.2) is 0 Å². The topological polar surface area (TPSA) is 66.4 Å². The normalized spacial score (nSPS) is 11.8. The van der Waals surface area contributed by atoms with E-state index in [0.717, 1.165) is 5.75 Å². The summed E-state index contributed by atoms with van der Waals surface area (Å²) in [5, 5.41) is 0. The Labute approximate surface area is 65.3 Å². The summed E-state index contributed by atoms with van der Waals surface area (Å²) in [6.45, 7) is 2.24. The van der Waals surface area contributed by atoms with Crippen molar-refractivity contribution in [2.24, 2.45) is 0 Å². The zero-order chi connectivity index (χ0) is 8.04. The lowest BCUT2D eigenvalue weighted by atomic mass is 10.8. The maximum Gasteiger partial charge on any atom is 0.266 e. The molecular formula is C4H11NO3S2. The van der Waals surface area contributed by atoms with Gasteiger partial charge in [0.05, 0.1) is 5.75 Å². The predicted molar refractivity (Wildman–Crippen MR) is 42.6 cm³/mol. The molecule has 0 amide bonds. The third-order valence-corrected chi connectivity index (χ3v) is 2.13. The molecule has 0 rings (SSSR count). The molecule has 2 N–H and O–H groups in total. The monoisotopic (exact) mass is 185 g/mol. The number of hydrogen-bond donors (Lipinski definition) is 2. The second kappa shape index (κ2) is 4.95. The second-order valence-electron chi connectivity index (χ2n) is 1.61. The number of nitrogens with one attached hydrogen (secondary N) is 1. The van der Waals surface area contributed by atoms with Crippen molar-refractivity contribution >= 4 is 22.1 Å². The maximum atomic E-state index is 10.1. The Bertz CT molecular complexity index is 165. The lowest BCUT2D eigenvalue weighted by molar-refractivity contribution is 0.483. The van der Waals surface area contributed by atoms with E-state index in [-0.39, 0.29) is 12.3 Å². The van der Waals surface area contributed by atoms with Crippen LogP contribution in [0.2, 0.25) is 0 Å². The average molecular weight is 185 g/mol. The Morgan fingerprint density at radius 3 is 2.60 bits per heavy atom. The summed E-state index contributed by atoms with van der Waals surface area (Å²) < 4.78 is 31.2. The first-order valence-electron chi connectivity index (χ1n) is 2.86. The fraction of sp³-hybridized carbons (Fsp3) is 1.00. The molecule has 0 heterocycles. The van der Waals surface area contributed by atoms with Crippen LogP contribution < -0.4 is 4.72 Å². The summed E-state index contributed by atoms with van der Waals surface area (Å²) in [7, 11) is -3.78. The lowest BCUT2D eigenvalue weighted by Gasteiger charge is -1.98. The fourth-order valence-corrected chi connectivity index (χ4v) is 1.28. The van der Waals surface area contributed by atoms with E-state index in [1.165, 1.54) is 11.9 Å². The van der Waals surface area contributed by atoms with Gasteiger partial charge in [0.15, 0.2) is 0 Å². The van der Waals surface area contributed by atoms with E-state index in [4.69, 9.17) is 4.55 Å². The molecule has 0 aliphatic rings. The van der Waals surface area contributed by atoms with E-state index in [0.29, 0.717) is 0 Å². The Morgan fingerprint density at radius 1 is 1.60 bits per heavy atom. The summed E-state index contributed by atoms with van der Waals surface area (Å²) in [4.78, 5) is 0. The highest BCUT2D eigenvalue weighted by Crippen LogP contribution is 1.89. The molecule has 0 aliphatic carbocycles. The Hall–Kier alpha value is 0.220. The third-order valence-electron chi connectivity index (χ3n) is 0.708. The van der Waals surface area contributed by atoms with E-state index in [2.05, 4.69) is 4.72 Å². The van der Waals surface area contributed by atoms with Gasteiger partial charge < -0.3 is 0 Å². The van der Waals surface area contributed by atoms with Gasteiger partial charge in [-0.05, 0) is 0 Å². The van der Waals surface area contributed by atoms with Crippen LogP contribution in [0, 0.1) is 0 Å². The van der Waals surface area contributed by atoms with Crippen LogP contribution in [0.1, 0.15) is 6.92 Å². The van der Waals surface area contributed by atoms with Crippen molar-refractivity contribution in [3.8, 4) is 0 Å². The number of rotatable bonds is 5. The van der Waals surface area contributed by atoms with Crippen LogP contribution in [-0.4, -0.2) is 31.0 Å². The van der Waals surface area contributed by atoms with E-state index in [9.17, 15) is 8.42 Å². The van der Waals surface area contributed by atoms with Crippen LogP contribution in [0.5, 0.6) is 0 Å². The van der Waals surface area contributed by atoms with Gasteiger partial charge in [0.1, 0.15) is 0 Å². The third kappa shape index (κ3) is 8.22. The molecule has 0 atom stereocenters. The summed E-state index contributed by atoms with van der Waals surface area (Å²) in [5.41, 5.74) is 0. The van der Waals surface area contributed by atoms with Crippen molar-refractivity contribution in [1.82, 2.24) is 4.72 Å². The van der Waals surface area contributed by atoms with Crippen LogP contribution in [0.25, 0.3) is 0 Å². The second-order valence-corrected chi connectivity index (χ2v) is 4.34. The van der Waals surface area contributed by atoms with Gasteiger partial charge in [0, 0.05) is 12.3 Å². The molecule has 0 spiro atoms. The lowest BCUT2D eigenvalue weighted by Crippen LogP contribution is -2.17. The highest BCUT2D eigenvalue weighted by Gasteiger charge is 2.01. The highest BCUT2D eigenvalue weighted by molar-refractivity contribution is 7.97. The van der Waals surface area contributed by atoms with E-state index >= 15 is 0 Å². The van der Waals surface area contributed by atoms with Crippen molar-refractivity contribution in [3.63, 3.8) is 0 Å². The molecule has 0 aliphatic heterocycles. The first-order chi connectivity index (χ1) is 4.56. The van der Waals surface area contributed by atoms with Gasteiger partial charge in [-0.3, -0.25) is 9.27 Å². The van der Waals surface area contributed by atoms with Crippen molar-refractivity contribution in [2.75, 3.05) is 18.1 Å². The van der Waals surface area contributed by atoms with Crippen LogP contribution >= 0.6 is 11.9 Å². The average Bonchev–Trinajstić information content (AvgIpc) is 1.78. The molecule has 6 heteroatoms. The van der Waals surface area contributed by atoms with Crippen LogP contribution in [-0.2, 0) is 10.1 Å². The van der Waals surface area contributed by atoms with Gasteiger partial charge in [-0.15, -0.1) is 0 Å². The van der Waals surface area contributed by atoms with E-state index in [1.807, 2.05) is 6.92 Å². The van der Waals surface area contributed by atoms with Gasteiger partial charge in [0.25, 0.3) is 10.1 Å². The van der Waals surface area contributed by atoms with Crippen molar-refractivity contribution in [2.45, 2.75) is 6.92 Å². The van der Waals surface area contributed by atoms with Gasteiger partial charge in [-0.1, -0.05) is 18.9 Å². The minimum Gasteiger partial charge on any atom is -0.286 e. The van der Waals surface area contributed by atoms with Gasteiger partial charge >= 0.3 is 0 Å². The van der Waals surface area contributed by atoms with Crippen LogP contribution in [0.3, 0.4) is 0 Å². The van der Waals surface area contributed by atoms with Gasteiger partial charge in [-0.2, -0.15) is 8.42 Å². The smallest absolute Gasteiger partial charge is 0.266 e. The maximum absolute atomic E-state index is 10.1. The Kier molecular flexibility index (Phi) is 5.06. The van der Waals surface area contributed by atoms with E-state index in [1.54, 1.807) is 0 Å². The molecule has 4 nitrogen and oxygen atoms in total. The summed E-state index contributed by atoms with van der Waals surface area (Å²) >= 11 is 1.42. The van der Waals surface area contributed by atoms with Crippen LogP contribution in [0.4, 0.5) is 0 Å². The minimum absolute atomic E-state index is 0.222. The molecule has 0 radical (unpaired) electrons. The zero-order valence-electron chi connectivity index (χ0n) is 5.70. The SMILES string of the molecule is CCSNCCS(=O)(=O)O. The van der Waals surface area contributed by atoms with E-state index < -0.39 is 10.1 Å². The zero-order valence-corrected chi connectivity index (χ0v) is 7.33. The van der Waals surface area contributed by atoms with Crippen molar-refractivity contribution in [3.05, 3.63) is 0 Å². The molecule has 0 fully saturated rings. The first-order valence-corrected chi connectivity index (χ1v) is 5.45.